The third-order valence-electron chi connectivity index (χ3n) is 2.63. The predicted octanol–water partition coefficient (Wildman–Crippen LogP) is 4.05. The molecule has 0 spiro atoms. The van der Waals surface area contributed by atoms with E-state index in [0.717, 1.165) is 5.52 Å². The van der Waals surface area contributed by atoms with E-state index >= 15 is 0 Å². The molecule has 0 aliphatic rings. The van der Waals surface area contributed by atoms with Gasteiger partial charge in [-0.3, -0.25) is 4.98 Å². The molecule has 2 heteroatoms. The van der Waals surface area contributed by atoms with Crippen LogP contribution in [0.4, 0.5) is 0 Å². The highest BCUT2D eigenvalue weighted by atomic mass is 14.7. The van der Waals surface area contributed by atoms with E-state index in [4.69, 9.17) is 0 Å². The van der Waals surface area contributed by atoms with Crippen molar-refractivity contribution < 1.29 is 0 Å². The van der Waals surface area contributed by atoms with Crippen LogP contribution < -0.4 is 0 Å². The molecule has 0 aliphatic carbocycles. The number of nitrogens with zero attached hydrogens (tertiary/aromatic N) is 1. The van der Waals surface area contributed by atoms with E-state index in [-0.39, 0.29) is 0 Å². The van der Waals surface area contributed by atoms with E-state index in [9.17, 15) is 0 Å². The second-order valence-electron chi connectivity index (χ2n) is 3.54. The summed E-state index contributed by atoms with van der Waals surface area (Å²) in [5, 5.41) is 2.50. The number of aromatic nitrogens is 2. The van der Waals surface area contributed by atoms with Crippen LogP contribution in [-0.2, 0) is 0 Å². The normalized spacial score (nSPS) is 10.2. The lowest BCUT2D eigenvalue weighted by Crippen LogP contribution is -1.73. The van der Waals surface area contributed by atoms with Gasteiger partial charge in [0.05, 0.1) is 0 Å². The average molecular weight is 212 g/mol. The summed E-state index contributed by atoms with van der Waals surface area (Å²) >= 11 is 0. The molecule has 0 saturated heterocycles. The molecular formula is C14H16N2. The summed E-state index contributed by atoms with van der Waals surface area (Å²) in [6.45, 7) is 6.13. The molecule has 0 bridgehead atoms. The van der Waals surface area contributed by atoms with Crippen molar-refractivity contribution in [2.24, 2.45) is 0 Å². The SMILES string of the molecule is CC.Cc1cccc2[nH]c3ccncc3c12. The molecule has 3 rings (SSSR count). The molecule has 0 amide bonds. The van der Waals surface area contributed by atoms with Crippen LogP contribution in [-0.4, -0.2) is 9.97 Å². The summed E-state index contributed by atoms with van der Waals surface area (Å²) in [6, 6.07) is 8.31. The Labute approximate surface area is 95.3 Å². The molecule has 82 valence electrons. The topological polar surface area (TPSA) is 28.7 Å². The van der Waals surface area contributed by atoms with Crippen molar-refractivity contribution in [3.8, 4) is 0 Å². The van der Waals surface area contributed by atoms with Gasteiger partial charge in [-0.25, -0.2) is 0 Å². The number of aryl methyl sites for hydroxylation is 1. The van der Waals surface area contributed by atoms with Crippen LogP contribution in [0.15, 0.2) is 36.7 Å². The smallest absolute Gasteiger partial charge is 0.0496 e. The lowest BCUT2D eigenvalue weighted by Gasteiger charge is -1.94. The lowest BCUT2D eigenvalue weighted by molar-refractivity contribution is 1.36. The molecule has 2 nitrogen and oxygen atoms in total. The molecule has 1 aromatic carbocycles. The molecule has 1 N–H and O–H groups in total. The van der Waals surface area contributed by atoms with E-state index in [0.29, 0.717) is 0 Å². The highest BCUT2D eigenvalue weighted by Gasteiger charge is 2.04. The summed E-state index contributed by atoms with van der Waals surface area (Å²) < 4.78 is 0. The zero-order valence-electron chi connectivity index (χ0n) is 9.91. The van der Waals surface area contributed by atoms with Gasteiger partial charge in [0.1, 0.15) is 0 Å². The molecule has 0 unspecified atom stereocenters. The van der Waals surface area contributed by atoms with Gasteiger partial charge in [-0.1, -0.05) is 26.0 Å². The van der Waals surface area contributed by atoms with Gasteiger partial charge in [-0.15, -0.1) is 0 Å². The Kier molecular flexibility index (Phi) is 2.91. The average Bonchev–Trinajstić information content (AvgIpc) is 2.71. The number of fused-ring (bicyclic) bond motifs is 3. The van der Waals surface area contributed by atoms with Crippen LogP contribution in [0, 0.1) is 6.92 Å². The zero-order valence-corrected chi connectivity index (χ0v) is 9.91. The van der Waals surface area contributed by atoms with Gasteiger partial charge in [0.2, 0.25) is 0 Å². The van der Waals surface area contributed by atoms with Crippen LogP contribution in [0.5, 0.6) is 0 Å². The summed E-state index contributed by atoms with van der Waals surface area (Å²) in [5.74, 6) is 0. The number of rotatable bonds is 0. The van der Waals surface area contributed by atoms with Crippen molar-refractivity contribution in [3.05, 3.63) is 42.2 Å². The molecule has 2 aromatic heterocycles. The van der Waals surface area contributed by atoms with Crippen molar-refractivity contribution in [3.63, 3.8) is 0 Å². The van der Waals surface area contributed by atoms with Crippen molar-refractivity contribution in [1.82, 2.24) is 9.97 Å². The Balaban J connectivity index is 0.000000457. The number of H-pyrrole nitrogens is 1. The first-order valence-corrected chi connectivity index (χ1v) is 5.67. The molecular weight excluding hydrogens is 196 g/mol. The van der Waals surface area contributed by atoms with Crippen LogP contribution in [0.2, 0.25) is 0 Å². The first-order chi connectivity index (χ1) is 7.86. The van der Waals surface area contributed by atoms with Gasteiger partial charge in [-0.05, 0) is 24.6 Å². The minimum atomic E-state index is 1.16. The van der Waals surface area contributed by atoms with E-state index in [1.54, 1.807) is 0 Å². The maximum atomic E-state index is 4.16. The van der Waals surface area contributed by atoms with Gasteiger partial charge in [0, 0.05) is 34.2 Å². The highest BCUT2D eigenvalue weighted by Crippen LogP contribution is 2.26. The lowest BCUT2D eigenvalue weighted by atomic mass is 10.1. The second kappa shape index (κ2) is 4.35. The number of pyridine rings is 1. The molecule has 0 fully saturated rings. The van der Waals surface area contributed by atoms with E-state index in [1.807, 2.05) is 32.3 Å². The summed E-state index contributed by atoms with van der Waals surface area (Å²) in [5.41, 5.74) is 3.64. The number of benzene rings is 1. The molecule has 0 aliphatic heterocycles. The first-order valence-electron chi connectivity index (χ1n) is 5.67. The van der Waals surface area contributed by atoms with Crippen LogP contribution in [0.3, 0.4) is 0 Å². The van der Waals surface area contributed by atoms with Gasteiger partial charge in [0.25, 0.3) is 0 Å². The molecule has 16 heavy (non-hydrogen) atoms. The molecule has 3 aromatic rings. The fourth-order valence-electron chi connectivity index (χ4n) is 1.98. The van der Waals surface area contributed by atoms with E-state index < -0.39 is 0 Å². The number of nitrogens with one attached hydrogen (secondary N) is 1. The van der Waals surface area contributed by atoms with Crippen molar-refractivity contribution in [1.29, 1.82) is 0 Å². The third kappa shape index (κ3) is 1.56. The van der Waals surface area contributed by atoms with E-state index in [2.05, 4.69) is 35.1 Å². The minimum Gasteiger partial charge on any atom is -0.354 e. The molecule has 2 heterocycles. The van der Waals surface area contributed by atoms with Crippen molar-refractivity contribution in [2.45, 2.75) is 20.8 Å². The van der Waals surface area contributed by atoms with Crippen molar-refractivity contribution in [2.75, 3.05) is 0 Å². The Morgan fingerprint density at radius 1 is 1.06 bits per heavy atom. The first kappa shape index (κ1) is 10.7. The molecule has 0 saturated carbocycles. The fraction of sp³-hybridized carbons (Fsp3) is 0.214. The standard InChI is InChI=1S/C12H10N2.C2H6/c1-8-3-2-4-11-12(8)9-7-13-6-5-10(9)14-11;1-2/h2-7,14H,1H3;1-2H3. The number of hydrogen-bond acceptors (Lipinski definition) is 1. The maximum Gasteiger partial charge on any atom is 0.0496 e. The van der Waals surface area contributed by atoms with Gasteiger partial charge in [-0.2, -0.15) is 0 Å². The summed E-state index contributed by atoms with van der Waals surface area (Å²) in [6.07, 6.45) is 3.73. The fourth-order valence-corrected chi connectivity index (χ4v) is 1.98. The molecule has 0 atom stereocenters. The Morgan fingerprint density at radius 2 is 1.88 bits per heavy atom. The van der Waals surface area contributed by atoms with Crippen molar-refractivity contribution >= 4 is 21.8 Å². The van der Waals surface area contributed by atoms with Crippen LogP contribution in [0.1, 0.15) is 19.4 Å². The summed E-state index contributed by atoms with van der Waals surface area (Å²) in [7, 11) is 0. The van der Waals surface area contributed by atoms with Crippen LogP contribution in [0.25, 0.3) is 21.8 Å². The van der Waals surface area contributed by atoms with Gasteiger partial charge < -0.3 is 4.98 Å². The predicted molar refractivity (Wildman–Crippen MR) is 69.7 cm³/mol. The van der Waals surface area contributed by atoms with Gasteiger partial charge in [0.15, 0.2) is 0 Å². The molecule has 0 radical (unpaired) electrons. The Hall–Kier alpha value is -1.83. The number of aromatic amines is 1. The Morgan fingerprint density at radius 3 is 2.69 bits per heavy atom. The Bertz CT molecular complexity index is 608. The maximum absolute atomic E-state index is 4.16. The monoisotopic (exact) mass is 212 g/mol. The zero-order chi connectivity index (χ0) is 11.5. The largest absolute Gasteiger partial charge is 0.354 e. The second-order valence-corrected chi connectivity index (χ2v) is 3.54. The third-order valence-corrected chi connectivity index (χ3v) is 2.63. The quantitative estimate of drug-likeness (QED) is 0.598. The van der Waals surface area contributed by atoms with E-state index in [1.165, 1.54) is 21.9 Å². The van der Waals surface area contributed by atoms with Crippen LogP contribution >= 0.6 is 0 Å². The minimum absolute atomic E-state index is 1.16. The van der Waals surface area contributed by atoms with Gasteiger partial charge >= 0.3 is 0 Å². The highest BCUT2D eigenvalue weighted by molar-refractivity contribution is 6.08. The number of hydrogen-bond donors (Lipinski definition) is 1. The summed E-state index contributed by atoms with van der Waals surface area (Å²) in [4.78, 5) is 7.54.